The molecule has 32 valence electrons. The number of hydrogen-bond acceptors (Lipinski definition) is 2. The van der Waals surface area contributed by atoms with Crippen LogP contribution in [0.1, 0.15) is 0 Å². The molecular formula is C4H3NaO2. The maximum absolute atomic E-state index is 9.88. The second-order valence-corrected chi connectivity index (χ2v) is 0.947. The van der Waals surface area contributed by atoms with Crippen molar-refractivity contribution in [3.8, 4) is 0 Å². The van der Waals surface area contributed by atoms with Crippen LogP contribution in [0.3, 0.4) is 0 Å². The van der Waals surface area contributed by atoms with Crippen LogP contribution in [0.4, 0.5) is 0 Å². The molecule has 3 heteroatoms. The topological polar surface area (TPSA) is 26.3 Å². The summed E-state index contributed by atoms with van der Waals surface area (Å²) in [6, 6.07) is 0. The van der Waals surface area contributed by atoms with E-state index in [-0.39, 0.29) is 35.5 Å². The van der Waals surface area contributed by atoms with E-state index in [1.54, 1.807) is 6.08 Å². The average Bonchev–Trinajstić information content (AvgIpc) is 1.86. The van der Waals surface area contributed by atoms with Crippen molar-refractivity contribution in [3.05, 3.63) is 12.2 Å². The third-order valence-corrected chi connectivity index (χ3v) is 0.518. The van der Waals surface area contributed by atoms with E-state index in [0.717, 1.165) is 0 Å². The number of carbonyl (C=O) groups excluding carboxylic acids is 1. The molecule has 1 rings (SSSR count). The van der Waals surface area contributed by atoms with Gasteiger partial charge in [-0.25, -0.2) is 6.08 Å². The van der Waals surface area contributed by atoms with Gasteiger partial charge in [0.2, 0.25) is 0 Å². The minimum absolute atomic E-state index is 0. The Kier molecular flexibility index (Phi) is 3.34. The molecule has 0 aromatic heterocycles. The molecule has 0 saturated heterocycles. The molecular weight excluding hydrogens is 103 g/mol. The monoisotopic (exact) mass is 106 g/mol. The van der Waals surface area contributed by atoms with E-state index in [1.807, 2.05) is 0 Å². The quantitative estimate of drug-likeness (QED) is 0.186. The summed E-state index contributed by atoms with van der Waals surface area (Å²) in [4.78, 5) is 9.88. The fourth-order valence-corrected chi connectivity index (χ4v) is 0.284. The Hall–Kier alpha value is 0.210. The summed E-state index contributed by atoms with van der Waals surface area (Å²) < 4.78 is 4.35. The summed E-state index contributed by atoms with van der Waals surface area (Å²) in [7, 11) is 0. The summed E-state index contributed by atoms with van der Waals surface area (Å²) in [5, 5.41) is 0. The number of ether oxygens (including phenoxy) is 1. The summed E-state index contributed by atoms with van der Waals surface area (Å²) in [5.74, 6) is -0.352. The smallest absolute Gasteiger partial charge is 0.489 e. The van der Waals surface area contributed by atoms with Gasteiger partial charge in [0.25, 0.3) is 0 Å². The van der Waals surface area contributed by atoms with Gasteiger partial charge in [0.15, 0.2) is 0 Å². The van der Waals surface area contributed by atoms with E-state index in [1.165, 1.54) is 0 Å². The van der Waals surface area contributed by atoms with Gasteiger partial charge in [-0.3, -0.25) is 4.79 Å². The van der Waals surface area contributed by atoms with Crippen molar-refractivity contribution in [2.75, 3.05) is 6.61 Å². The van der Waals surface area contributed by atoms with E-state index < -0.39 is 0 Å². The summed E-state index contributed by atoms with van der Waals surface area (Å²) in [5.41, 5.74) is 0. The molecule has 0 aromatic rings. The van der Waals surface area contributed by atoms with Gasteiger partial charge in [-0.1, -0.05) is 0 Å². The van der Waals surface area contributed by atoms with E-state index >= 15 is 0 Å². The number of hydrogen-bond donors (Lipinski definition) is 0. The zero-order valence-corrected chi connectivity index (χ0v) is 6.10. The van der Waals surface area contributed by atoms with Crippen LogP contribution < -0.4 is 29.6 Å². The van der Waals surface area contributed by atoms with E-state index in [0.29, 0.717) is 6.61 Å². The Bertz CT molecular complexity index is 97.9. The molecule has 0 aromatic carbocycles. The van der Waals surface area contributed by atoms with E-state index in [4.69, 9.17) is 0 Å². The first kappa shape index (κ1) is 7.21. The Labute approximate surface area is 63.8 Å². The zero-order valence-electron chi connectivity index (χ0n) is 4.10. The predicted molar refractivity (Wildman–Crippen MR) is 18.8 cm³/mol. The molecule has 7 heavy (non-hydrogen) atoms. The Morgan fingerprint density at radius 1 is 1.86 bits per heavy atom. The van der Waals surface area contributed by atoms with Crippen LogP contribution in [-0.4, -0.2) is 12.6 Å². The van der Waals surface area contributed by atoms with Gasteiger partial charge in [-0.05, 0) is 0 Å². The minimum atomic E-state index is -0.352. The van der Waals surface area contributed by atoms with Gasteiger partial charge in [0.1, 0.15) is 5.97 Å². The zero-order chi connectivity index (χ0) is 4.41. The molecule has 0 unspecified atom stereocenters. The number of cyclic esters (lactones) is 1. The van der Waals surface area contributed by atoms with Crippen molar-refractivity contribution in [3.63, 3.8) is 0 Å². The third kappa shape index (κ3) is 2.12. The molecule has 1 heterocycles. The average molecular weight is 106 g/mol. The molecule has 2 nitrogen and oxygen atoms in total. The molecule has 1 aliphatic rings. The van der Waals surface area contributed by atoms with E-state index in [2.05, 4.69) is 10.8 Å². The predicted octanol–water partition coefficient (Wildman–Crippen LogP) is -3.09. The Balaban J connectivity index is 0.000000360. The second-order valence-electron chi connectivity index (χ2n) is 0.947. The molecule has 0 amide bonds. The molecule has 0 aliphatic carbocycles. The van der Waals surface area contributed by atoms with Crippen molar-refractivity contribution in [1.29, 1.82) is 0 Å². The molecule has 1 aliphatic heterocycles. The summed E-state index contributed by atoms with van der Waals surface area (Å²) in [6.07, 6.45) is 3.89. The second kappa shape index (κ2) is 3.24. The molecule has 0 fully saturated rings. The molecule has 0 bridgehead atoms. The third-order valence-electron chi connectivity index (χ3n) is 0.518. The van der Waals surface area contributed by atoms with Crippen LogP contribution in [-0.2, 0) is 9.53 Å². The van der Waals surface area contributed by atoms with Gasteiger partial charge < -0.3 is 10.8 Å². The number of rotatable bonds is 0. The fourth-order valence-electron chi connectivity index (χ4n) is 0.284. The first-order valence-corrected chi connectivity index (χ1v) is 1.64. The van der Waals surface area contributed by atoms with Crippen molar-refractivity contribution in [1.82, 2.24) is 0 Å². The van der Waals surface area contributed by atoms with Gasteiger partial charge >= 0.3 is 29.6 Å². The Morgan fingerprint density at radius 3 is 2.71 bits per heavy atom. The van der Waals surface area contributed by atoms with Crippen LogP contribution in [0.15, 0.2) is 6.08 Å². The van der Waals surface area contributed by atoms with Crippen molar-refractivity contribution < 1.29 is 39.1 Å². The van der Waals surface area contributed by atoms with E-state index in [9.17, 15) is 4.79 Å². The maximum Gasteiger partial charge on any atom is 1.00 e. The normalized spacial score (nSPS) is 15.7. The first-order valence-electron chi connectivity index (χ1n) is 1.64. The fraction of sp³-hybridized carbons (Fsp3) is 0.250. The van der Waals surface area contributed by atoms with Crippen molar-refractivity contribution >= 4 is 5.97 Å². The van der Waals surface area contributed by atoms with Crippen LogP contribution in [0, 0.1) is 6.08 Å². The minimum Gasteiger partial charge on any atom is -0.489 e. The molecule has 0 radical (unpaired) electrons. The SMILES string of the molecule is O=C1[C-]=CCO1.[Na+]. The Morgan fingerprint density at radius 2 is 2.57 bits per heavy atom. The standard InChI is InChI=1S/C4H3O2.Na/c5-4-2-1-3-6-4;/h1H,3H2;/q-1;+1. The summed E-state index contributed by atoms with van der Waals surface area (Å²) in [6.45, 7) is 0.402. The van der Waals surface area contributed by atoms with Crippen LogP contribution in [0.5, 0.6) is 0 Å². The van der Waals surface area contributed by atoms with Crippen molar-refractivity contribution in [2.24, 2.45) is 0 Å². The number of carbonyl (C=O) groups is 1. The first-order chi connectivity index (χ1) is 2.89. The van der Waals surface area contributed by atoms with Gasteiger partial charge in [0, 0.05) is 0 Å². The maximum atomic E-state index is 9.88. The van der Waals surface area contributed by atoms with Gasteiger partial charge in [-0.15, -0.1) is 0 Å². The van der Waals surface area contributed by atoms with Gasteiger partial charge in [0.05, 0.1) is 6.61 Å². The molecule has 0 saturated carbocycles. The van der Waals surface area contributed by atoms with Crippen LogP contribution in [0.25, 0.3) is 0 Å². The number of esters is 1. The van der Waals surface area contributed by atoms with Crippen molar-refractivity contribution in [2.45, 2.75) is 0 Å². The molecule has 0 atom stereocenters. The largest absolute Gasteiger partial charge is 1.00 e. The summed E-state index contributed by atoms with van der Waals surface area (Å²) >= 11 is 0. The van der Waals surface area contributed by atoms with Gasteiger partial charge in [-0.2, -0.15) is 0 Å². The molecule has 0 N–H and O–H groups in total. The molecule has 0 spiro atoms. The van der Waals surface area contributed by atoms with Crippen LogP contribution in [0.2, 0.25) is 0 Å². The van der Waals surface area contributed by atoms with Crippen LogP contribution >= 0.6 is 0 Å².